The fraction of sp³-hybridized carbons (Fsp3) is 0.500. The van der Waals surface area contributed by atoms with Crippen LogP contribution in [-0.2, 0) is 5.60 Å². The number of aliphatic hydroxyl groups is 1. The average Bonchev–Trinajstić information content (AvgIpc) is 2.27. The first-order chi connectivity index (χ1) is 7.08. The van der Waals surface area contributed by atoms with E-state index in [1.54, 1.807) is 0 Å². The number of hydrogen-bond donors (Lipinski definition) is 2. The van der Waals surface area contributed by atoms with Crippen LogP contribution in [0.3, 0.4) is 0 Å². The summed E-state index contributed by atoms with van der Waals surface area (Å²) >= 11 is 0. The van der Waals surface area contributed by atoms with E-state index in [4.69, 9.17) is 5.73 Å². The van der Waals surface area contributed by atoms with Crippen LogP contribution in [0, 0.1) is 0 Å². The second-order valence-corrected chi connectivity index (χ2v) is 4.16. The predicted molar refractivity (Wildman–Crippen MR) is 62.6 cm³/mol. The van der Waals surface area contributed by atoms with Crippen molar-refractivity contribution in [3.8, 4) is 0 Å². The van der Waals surface area contributed by atoms with Gasteiger partial charge in [0.25, 0.3) is 0 Å². The average molecular weight is 208 g/mol. The van der Waals surface area contributed by atoms with Gasteiger partial charge in [-0.15, -0.1) is 0 Å². The van der Waals surface area contributed by atoms with Gasteiger partial charge in [0.1, 0.15) is 5.60 Å². The van der Waals surface area contributed by atoms with Crippen LogP contribution in [0.2, 0.25) is 0 Å². The maximum Gasteiger partial charge on any atom is 0.103 e. The van der Waals surface area contributed by atoms with Gasteiger partial charge in [0.05, 0.1) is 0 Å². The molecule has 0 aliphatic carbocycles. The van der Waals surface area contributed by atoms with Gasteiger partial charge in [-0.05, 0) is 26.1 Å². The Hall–Kier alpha value is -0.900. The van der Waals surface area contributed by atoms with Crippen molar-refractivity contribution >= 4 is 0 Å². The quantitative estimate of drug-likeness (QED) is 0.752. The molecule has 0 heterocycles. The molecule has 0 saturated carbocycles. The Bertz CT molecular complexity index is 287. The van der Waals surface area contributed by atoms with E-state index in [0.717, 1.165) is 12.1 Å². The third-order valence-electron chi connectivity index (χ3n) is 2.62. The van der Waals surface area contributed by atoms with Crippen LogP contribution in [0.4, 0.5) is 0 Å². The molecule has 1 atom stereocenters. The smallest absolute Gasteiger partial charge is 0.103 e. The lowest BCUT2D eigenvalue weighted by Gasteiger charge is -2.28. The Morgan fingerprint density at radius 2 is 1.87 bits per heavy atom. The van der Waals surface area contributed by atoms with E-state index in [0.29, 0.717) is 6.42 Å². The highest BCUT2D eigenvalue weighted by molar-refractivity contribution is 5.22. The largest absolute Gasteiger partial charge is 0.384 e. The summed E-state index contributed by atoms with van der Waals surface area (Å²) < 4.78 is 0. The molecule has 1 aromatic rings. The maximum absolute atomic E-state index is 10.4. The summed E-state index contributed by atoms with van der Waals surface area (Å²) in [6.07, 6.45) is 0.653. The Morgan fingerprint density at radius 3 is 2.33 bits per heavy atom. The molecule has 0 spiro atoms. The summed E-state index contributed by atoms with van der Waals surface area (Å²) in [4.78, 5) is 2.05. The van der Waals surface area contributed by atoms with Crippen molar-refractivity contribution in [2.45, 2.75) is 12.0 Å². The number of nitrogens with zero attached hydrogens (tertiary/aromatic N) is 1. The van der Waals surface area contributed by atoms with Gasteiger partial charge in [0.2, 0.25) is 0 Å². The normalized spacial score (nSPS) is 15.3. The van der Waals surface area contributed by atoms with Gasteiger partial charge < -0.3 is 15.7 Å². The van der Waals surface area contributed by atoms with E-state index in [-0.39, 0.29) is 6.54 Å². The molecule has 1 aromatic carbocycles. The van der Waals surface area contributed by atoms with Gasteiger partial charge in [0.15, 0.2) is 0 Å². The van der Waals surface area contributed by atoms with Crippen LogP contribution < -0.4 is 5.73 Å². The highest BCUT2D eigenvalue weighted by Gasteiger charge is 2.26. The fourth-order valence-electron chi connectivity index (χ4n) is 1.52. The van der Waals surface area contributed by atoms with Crippen LogP contribution in [0.25, 0.3) is 0 Å². The number of benzene rings is 1. The first-order valence-electron chi connectivity index (χ1n) is 5.21. The van der Waals surface area contributed by atoms with Gasteiger partial charge in [-0.1, -0.05) is 30.3 Å². The Labute approximate surface area is 91.5 Å². The summed E-state index contributed by atoms with van der Waals surface area (Å²) in [5, 5.41) is 10.4. The molecular formula is C12H20N2O. The van der Waals surface area contributed by atoms with Crippen molar-refractivity contribution in [3.63, 3.8) is 0 Å². The lowest BCUT2D eigenvalue weighted by atomic mass is 9.90. The molecule has 0 aliphatic heterocycles. The minimum absolute atomic E-state index is 0.255. The molecule has 0 saturated heterocycles. The van der Waals surface area contributed by atoms with Gasteiger partial charge in [-0.3, -0.25) is 0 Å². The molecule has 1 rings (SSSR count). The first kappa shape index (κ1) is 12.2. The standard InChI is InChI=1S/C12H20N2O/c1-14(2)9-8-12(15,10-13)11-6-4-3-5-7-11/h3-7,15H,8-10,13H2,1-2H3. The summed E-state index contributed by atoms with van der Waals surface area (Å²) in [5.74, 6) is 0. The molecule has 0 aromatic heterocycles. The molecule has 84 valence electrons. The molecule has 1 unspecified atom stereocenters. The molecule has 0 radical (unpaired) electrons. The molecule has 0 amide bonds. The van der Waals surface area contributed by atoms with E-state index in [2.05, 4.69) is 0 Å². The molecule has 15 heavy (non-hydrogen) atoms. The van der Waals surface area contributed by atoms with Crippen LogP contribution in [0.5, 0.6) is 0 Å². The van der Waals surface area contributed by atoms with Crippen molar-refractivity contribution in [2.75, 3.05) is 27.2 Å². The lowest BCUT2D eigenvalue weighted by molar-refractivity contribution is 0.0300. The van der Waals surface area contributed by atoms with E-state index in [1.807, 2.05) is 49.3 Å². The molecule has 3 heteroatoms. The van der Waals surface area contributed by atoms with Crippen molar-refractivity contribution < 1.29 is 5.11 Å². The van der Waals surface area contributed by atoms with E-state index in [1.165, 1.54) is 0 Å². The highest BCUT2D eigenvalue weighted by atomic mass is 16.3. The van der Waals surface area contributed by atoms with Gasteiger partial charge in [-0.25, -0.2) is 0 Å². The molecular weight excluding hydrogens is 188 g/mol. The Kier molecular flexibility index (Phi) is 4.27. The summed E-state index contributed by atoms with van der Waals surface area (Å²) in [6, 6.07) is 9.62. The topological polar surface area (TPSA) is 49.5 Å². The molecule has 0 aliphatic rings. The monoisotopic (exact) mass is 208 g/mol. The van der Waals surface area contributed by atoms with Crippen LogP contribution in [-0.4, -0.2) is 37.2 Å². The number of hydrogen-bond acceptors (Lipinski definition) is 3. The second kappa shape index (κ2) is 5.26. The first-order valence-corrected chi connectivity index (χ1v) is 5.21. The maximum atomic E-state index is 10.4. The molecule has 3 nitrogen and oxygen atoms in total. The van der Waals surface area contributed by atoms with Crippen molar-refractivity contribution in [1.82, 2.24) is 4.90 Å². The second-order valence-electron chi connectivity index (χ2n) is 4.16. The number of nitrogens with two attached hydrogens (primary N) is 1. The van der Waals surface area contributed by atoms with E-state index < -0.39 is 5.60 Å². The van der Waals surface area contributed by atoms with Gasteiger partial charge in [-0.2, -0.15) is 0 Å². The zero-order valence-electron chi connectivity index (χ0n) is 9.48. The molecule has 3 N–H and O–H groups in total. The minimum atomic E-state index is -0.897. The van der Waals surface area contributed by atoms with Crippen LogP contribution in [0.15, 0.2) is 30.3 Å². The zero-order chi connectivity index (χ0) is 11.3. The Balaban J connectivity index is 2.76. The Morgan fingerprint density at radius 1 is 1.27 bits per heavy atom. The van der Waals surface area contributed by atoms with Gasteiger partial charge in [0, 0.05) is 13.1 Å². The molecule has 0 bridgehead atoms. The summed E-state index contributed by atoms with van der Waals surface area (Å²) in [6.45, 7) is 1.08. The van der Waals surface area contributed by atoms with E-state index in [9.17, 15) is 5.11 Å². The van der Waals surface area contributed by atoms with Crippen molar-refractivity contribution in [2.24, 2.45) is 5.73 Å². The third-order valence-corrected chi connectivity index (χ3v) is 2.62. The van der Waals surface area contributed by atoms with Crippen molar-refractivity contribution in [3.05, 3.63) is 35.9 Å². The lowest BCUT2D eigenvalue weighted by Crippen LogP contribution is -2.37. The fourth-order valence-corrected chi connectivity index (χ4v) is 1.52. The van der Waals surface area contributed by atoms with Crippen LogP contribution in [0.1, 0.15) is 12.0 Å². The predicted octanol–water partition coefficient (Wildman–Crippen LogP) is 0.785. The molecule has 0 fully saturated rings. The third kappa shape index (κ3) is 3.30. The summed E-state index contributed by atoms with van der Waals surface area (Å²) in [5.41, 5.74) is 5.66. The van der Waals surface area contributed by atoms with E-state index >= 15 is 0 Å². The minimum Gasteiger partial charge on any atom is -0.384 e. The SMILES string of the molecule is CN(C)CCC(O)(CN)c1ccccc1. The highest BCUT2D eigenvalue weighted by Crippen LogP contribution is 2.23. The van der Waals surface area contributed by atoms with Gasteiger partial charge >= 0.3 is 0 Å². The summed E-state index contributed by atoms with van der Waals surface area (Å²) in [7, 11) is 3.98. The number of rotatable bonds is 5. The van der Waals surface area contributed by atoms with Crippen LogP contribution >= 0.6 is 0 Å². The van der Waals surface area contributed by atoms with Crippen molar-refractivity contribution in [1.29, 1.82) is 0 Å². The zero-order valence-corrected chi connectivity index (χ0v) is 9.48.